The lowest BCUT2D eigenvalue weighted by Gasteiger charge is -2.26. The number of unbranched alkanes of at least 4 members (excludes halogenated alkanes) is 2. The molecule has 0 spiro atoms. The van der Waals surface area contributed by atoms with Gasteiger partial charge in [-0.3, -0.25) is 0 Å². The van der Waals surface area contributed by atoms with Gasteiger partial charge in [-0.2, -0.15) is 0 Å². The number of nitrogens with zero attached hydrogens (tertiary/aromatic N) is 2. The summed E-state index contributed by atoms with van der Waals surface area (Å²) in [5.74, 6) is 0. The van der Waals surface area contributed by atoms with Gasteiger partial charge in [-0.1, -0.05) is 136 Å². The fourth-order valence-electron chi connectivity index (χ4n) is 6.89. The average Bonchev–Trinajstić information content (AvgIpc) is 3.22. The van der Waals surface area contributed by atoms with Crippen molar-refractivity contribution in [3.05, 3.63) is 193 Å². The Morgan fingerprint density at radius 2 is 0.538 bits per heavy atom. The maximum Gasteiger partial charge on any atom is 0.0462 e. The summed E-state index contributed by atoms with van der Waals surface area (Å²) in [5, 5.41) is 0. The van der Waals surface area contributed by atoms with Gasteiger partial charge in [0, 0.05) is 34.1 Å². The van der Waals surface area contributed by atoms with Crippen molar-refractivity contribution in [1.29, 1.82) is 0 Å². The normalized spacial score (nSPS) is 11.0. The molecule has 0 aliphatic heterocycles. The van der Waals surface area contributed by atoms with Crippen LogP contribution in [0.15, 0.2) is 182 Å². The third kappa shape index (κ3) is 8.19. The molecule has 52 heavy (non-hydrogen) atoms. The van der Waals surface area contributed by atoms with Crippen LogP contribution in [0.2, 0.25) is 0 Å². The average molecular weight is 677 g/mol. The van der Waals surface area contributed by atoms with Crippen molar-refractivity contribution in [2.24, 2.45) is 0 Å². The molecule has 258 valence electrons. The van der Waals surface area contributed by atoms with Crippen molar-refractivity contribution >= 4 is 34.1 Å². The van der Waals surface area contributed by atoms with Gasteiger partial charge in [0.25, 0.3) is 0 Å². The van der Waals surface area contributed by atoms with E-state index in [2.05, 4.69) is 206 Å². The lowest BCUT2D eigenvalue weighted by atomic mass is 9.99. The van der Waals surface area contributed by atoms with Crippen LogP contribution in [0.1, 0.15) is 50.7 Å². The van der Waals surface area contributed by atoms with E-state index < -0.39 is 0 Å². The van der Waals surface area contributed by atoms with Crippen LogP contribution in [0.25, 0.3) is 22.3 Å². The fourth-order valence-corrected chi connectivity index (χ4v) is 6.89. The first-order valence-electron chi connectivity index (χ1n) is 18.9. The van der Waals surface area contributed by atoms with Crippen LogP contribution in [0.3, 0.4) is 0 Å². The Hall–Kier alpha value is -5.86. The molecule has 7 rings (SSSR count). The van der Waals surface area contributed by atoms with Gasteiger partial charge in [0.1, 0.15) is 0 Å². The highest BCUT2D eigenvalue weighted by Gasteiger charge is 2.14. The molecule has 0 heterocycles. The minimum absolute atomic E-state index is 1.13. The molecule has 7 aromatic carbocycles. The van der Waals surface area contributed by atoms with E-state index in [1.165, 1.54) is 70.4 Å². The number of benzene rings is 7. The van der Waals surface area contributed by atoms with Gasteiger partial charge in [0.05, 0.1) is 0 Å². The minimum Gasteiger partial charge on any atom is -0.311 e. The molecule has 2 nitrogen and oxygen atoms in total. The van der Waals surface area contributed by atoms with Gasteiger partial charge in [-0.05, 0) is 132 Å². The van der Waals surface area contributed by atoms with Gasteiger partial charge < -0.3 is 9.80 Å². The quantitative estimate of drug-likeness (QED) is 0.113. The Labute approximate surface area is 310 Å². The molecule has 0 saturated carbocycles. The molecule has 0 atom stereocenters. The molecule has 0 aromatic heterocycles. The van der Waals surface area contributed by atoms with E-state index in [0.29, 0.717) is 0 Å². The summed E-state index contributed by atoms with van der Waals surface area (Å²) in [6, 6.07) is 66.2. The second-order valence-corrected chi connectivity index (χ2v) is 13.6. The van der Waals surface area contributed by atoms with E-state index in [4.69, 9.17) is 0 Å². The van der Waals surface area contributed by atoms with Crippen LogP contribution in [-0.4, -0.2) is 0 Å². The van der Waals surface area contributed by atoms with Crippen molar-refractivity contribution in [1.82, 2.24) is 0 Å². The molecule has 0 bridgehead atoms. The first-order valence-corrected chi connectivity index (χ1v) is 18.9. The molecule has 0 saturated heterocycles. The Morgan fingerprint density at radius 1 is 0.288 bits per heavy atom. The third-order valence-corrected chi connectivity index (χ3v) is 9.86. The van der Waals surface area contributed by atoms with Crippen LogP contribution < -0.4 is 9.80 Å². The van der Waals surface area contributed by atoms with E-state index in [9.17, 15) is 0 Å². The molecular weight excluding hydrogens is 629 g/mol. The zero-order valence-corrected chi connectivity index (χ0v) is 30.5. The zero-order chi connectivity index (χ0) is 35.5. The van der Waals surface area contributed by atoms with Crippen LogP contribution in [-0.2, 0) is 12.8 Å². The van der Waals surface area contributed by atoms with E-state index >= 15 is 0 Å². The van der Waals surface area contributed by atoms with Crippen molar-refractivity contribution in [2.75, 3.05) is 9.80 Å². The molecule has 0 amide bonds. The summed E-state index contributed by atoms with van der Waals surface area (Å²) in [5.41, 5.74) is 14.5. The van der Waals surface area contributed by atoms with Crippen molar-refractivity contribution in [2.45, 2.75) is 52.4 Å². The zero-order valence-electron chi connectivity index (χ0n) is 30.5. The first kappa shape index (κ1) is 34.6. The number of hydrogen-bond donors (Lipinski definition) is 0. The van der Waals surface area contributed by atoms with Gasteiger partial charge in [-0.15, -0.1) is 0 Å². The minimum atomic E-state index is 1.13. The van der Waals surface area contributed by atoms with E-state index in [-0.39, 0.29) is 0 Å². The number of aryl methyl sites for hydroxylation is 2. The van der Waals surface area contributed by atoms with Crippen LogP contribution in [0.4, 0.5) is 34.1 Å². The summed E-state index contributed by atoms with van der Waals surface area (Å²) >= 11 is 0. The molecule has 7 aromatic rings. The lowest BCUT2D eigenvalue weighted by Crippen LogP contribution is -2.09. The van der Waals surface area contributed by atoms with E-state index in [0.717, 1.165) is 35.6 Å². The van der Waals surface area contributed by atoms with Crippen molar-refractivity contribution in [3.8, 4) is 22.3 Å². The monoisotopic (exact) mass is 676 g/mol. The van der Waals surface area contributed by atoms with Gasteiger partial charge >= 0.3 is 0 Å². The SMILES string of the molecule is CCCCc1ccc(N(c2ccccc2)c2ccc(-c3ccc(-c4ccc(N(c5ccccc5)c5ccc(CCCC)cc5)cc4)cc3)cc2)cc1. The molecular formula is C50H48N2. The van der Waals surface area contributed by atoms with Crippen molar-refractivity contribution < 1.29 is 0 Å². The highest BCUT2D eigenvalue weighted by Crippen LogP contribution is 2.38. The Kier molecular flexibility index (Phi) is 11.2. The third-order valence-electron chi connectivity index (χ3n) is 9.86. The molecule has 0 aliphatic rings. The molecule has 0 N–H and O–H groups in total. The van der Waals surface area contributed by atoms with Gasteiger partial charge in [-0.25, -0.2) is 0 Å². The van der Waals surface area contributed by atoms with E-state index in [1.807, 2.05) is 0 Å². The predicted octanol–water partition coefficient (Wildman–Crippen LogP) is 14.6. The maximum atomic E-state index is 2.34. The molecule has 2 heteroatoms. The summed E-state index contributed by atoms with van der Waals surface area (Å²) in [6.45, 7) is 4.49. The smallest absolute Gasteiger partial charge is 0.0462 e. The second-order valence-electron chi connectivity index (χ2n) is 13.6. The number of hydrogen-bond acceptors (Lipinski definition) is 2. The highest BCUT2D eigenvalue weighted by atomic mass is 15.1. The Balaban J connectivity index is 1.09. The van der Waals surface area contributed by atoms with E-state index in [1.54, 1.807) is 0 Å². The largest absolute Gasteiger partial charge is 0.311 e. The second kappa shape index (κ2) is 16.9. The van der Waals surface area contributed by atoms with Crippen LogP contribution in [0, 0.1) is 0 Å². The van der Waals surface area contributed by atoms with Crippen LogP contribution >= 0.6 is 0 Å². The Bertz CT molecular complexity index is 1940. The summed E-state index contributed by atoms with van der Waals surface area (Å²) < 4.78 is 0. The summed E-state index contributed by atoms with van der Waals surface area (Å²) in [7, 11) is 0. The maximum absolute atomic E-state index is 2.34. The molecule has 0 radical (unpaired) electrons. The predicted molar refractivity (Wildman–Crippen MR) is 224 cm³/mol. The standard InChI is InChI=1S/C50H48N2/c1-3-5-13-39-19-31-47(32-20-39)51(45-15-9-7-10-16-45)49-35-27-43(28-36-49)41-23-25-42(26-24-41)44-29-37-50(38-30-44)52(46-17-11-8-12-18-46)48-33-21-40(22-34-48)14-6-4-2/h7-12,15-38H,3-6,13-14H2,1-2H3. The number of rotatable bonds is 14. The molecule has 0 aliphatic carbocycles. The summed E-state index contributed by atoms with van der Waals surface area (Å²) in [4.78, 5) is 4.67. The summed E-state index contributed by atoms with van der Waals surface area (Å²) in [6.07, 6.45) is 7.12. The van der Waals surface area contributed by atoms with Gasteiger partial charge in [0.15, 0.2) is 0 Å². The molecule has 0 unspecified atom stereocenters. The van der Waals surface area contributed by atoms with Gasteiger partial charge in [0.2, 0.25) is 0 Å². The number of anilines is 6. The first-order chi connectivity index (χ1) is 25.7. The Morgan fingerprint density at radius 3 is 0.827 bits per heavy atom. The lowest BCUT2D eigenvalue weighted by molar-refractivity contribution is 0.795. The number of para-hydroxylation sites is 2. The van der Waals surface area contributed by atoms with Crippen molar-refractivity contribution in [3.63, 3.8) is 0 Å². The topological polar surface area (TPSA) is 6.48 Å². The van der Waals surface area contributed by atoms with Crippen LogP contribution in [0.5, 0.6) is 0 Å². The molecule has 0 fully saturated rings. The highest BCUT2D eigenvalue weighted by molar-refractivity contribution is 5.80. The fraction of sp³-hybridized carbons (Fsp3) is 0.160.